The van der Waals surface area contributed by atoms with Crippen molar-refractivity contribution in [1.82, 2.24) is 14.5 Å². The van der Waals surface area contributed by atoms with Crippen molar-refractivity contribution in [2.75, 3.05) is 13.1 Å². The van der Waals surface area contributed by atoms with Gasteiger partial charge in [-0.15, -0.1) is 0 Å². The number of aromatic nitrogens is 2. The summed E-state index contributed by atoms with van der Waals surface area (Å²) in [6.07, 6.45) is 5.53. The van der Waals surface area contributed by atoms with Crippen molar-refractivity contribution >= 4 is 5.91 Å². The van der Waals surface area contributed by atoms with Gasteiger partial charge >= 0.3 is 0 Å². The summed E-state index contributed by atoms with van der Waals surface area (Å²) in [5.74, 6) is 2.13. The summed E-state index contributed by atoms with van der Waals surface area (Å²) in [5, 5.41) is 0. The molecule has 1 saturated heterocycles. The number of amides is 1. The maximum atomic E-state index is 12.2. The smallest absolute Gasteiger partial charge is 0.289 e. The zero-order valence-corrected chi connectivity index (χ0v) is 12.6. The van der Waals surface area contributed by atoms with Crippen LogP contribution in [0.2, 0.25) is 0 Å². The summed E-state index contributed by atoms with van der Waals surface area (Å²) in [5.41, 5.74) is 1.21. The molecule has 0 bridgehead atoms. The van der Waals surface area contributed by atoms with Crippen LogP contribution in [0, 0.1) is 19.8 Å². The van der Waals surface area contributed by atoms with E-state index in [9.17, 15) is 4.79 Å². The minimum atomic E-state index is 0.00782. The van der Waals surface area contributed by atoms with Gasteiger partial charge in [0.05, 0.1) is 6.26 Å². The van der Waals surface area contributed by atoms with Crippen molar-refractivity contribution in [2.24, 2.45) is 5.92 Å². The Hall–Kier alpha value is -2.04. The van der Waals surface area contributed by atoms with Gasteiger partial charge in [-0.05, 0) is 44.7 Å². The number of imidazole rings is 1. The van der Waals surface area contributed by atoms with Crippen molar-refractivity contribution in [1.29, 1.82) is 0 Å². The number of furan rings is 1. The number of hydrogen-bond acceptors (Lipinski definition) is 3. The van der Waals surface area contributed by atoms with Gasteiger partial charge in [-0.25, -0.2) is 4.98 Å². The molecule has 2 aromatic rings. The van der Waals surface area contributed by atoms with Gasteiger partial charge in [0.2, 0.25) is 0 Å². The third-order valence-corrected chi connectivity index (χ3v) is 4.33. The lowest BCUT2D eigenvalue weighted by Gasteiger charge is -2.32. The van der Waals surface area contributed by atoms with Crippen LogP contribution in [0.3, 0.4) is 0 Å². The number of aryl methyl sites for hydroxylation is 2. The van der Waals surface area contributed by atoms with Gasteiger partial charge in [-0.2, -0.15) is 0 Å². The van der Waals surface area contributed by atoms with Gasteiger partial charge in [0.1, 0.15) is 5.82 Å². The number of likely N-dealkylation sites (tertiary alicyclic amines) is 1. The van der Waals surface area contributed by atoms with Crippen molar-refractivity contribution < 1.29 is 9.21 Å². The Morgan fingerprint density at radius 3 is 2.71 bits per heavy atom. The molecule has 2 aromatic heterocycles. The summed E-state index contributed by atoms with van der Waals surface area (Å²) in [4.78, 5) is 18.4. The first kappa shape index (κ1) is 13.9. The van der Waals surface area contributed by atoms with E-state index in [2.05, 4.69) is 16.5 Å². The molecule has 0 aromatic carbocycles. The van der Waals surface area contributed by atoms with E-state index in [1.165, 1.54) is 5.69 Å². The van der Waals surface area contributed by atoms with E-state index in [0.29, 0.717) is 11.7 Å². The second kappa shape index (κ2) is 5.76. The third kappa shape index (κ3) is 2.86. The van der Waals surface area contributed by atoms with Crippen LogP contribution in [0.15, 0.2) is 29.0 Å². The minimum absolute atomic E-state index is 0.00782. The van der Waals surface area contributed by atoms with Crippen LogP contribution < -0.4 is 0 Å². The highest BCUT2D eigenvalue weighted by Crippen LogP contribution is 2.22. The maximum Gasteiger partial charge on any atom is 0.289 e. The van der Waals surface area contributed by atoms with Crippen molar-refractivity contribution in [3.8, 4) is 0 Å². The predicted molar refractivity (Wildman–Crippen MR) is 79.0 cm³/mol. The fourth-order valence-corrected chi connectivity index (χ4v) is 2.99. The highest BCUT2D eigenvalue weighted by atomic mass is 16.3. The Kier molecular flexibility index (Phi) is 3.82. The first-order valence-electron chi connectivity index (χ1n) is 7.46. The molecule has 0 aliphatic carbocycles. The highest BCUT2D eigenvalue weighted by molar-refractivity contribution is 5.91. The second-order valence-electron chi connectivity index (χ2n) is 5.77. The molecule has 3 heterocycles. The average Bonchev–Trinajstić information content (AvgIpc) is 3.13. The van der Waals surface area contributed by atoms with Crippen LogP contribution in [-0.4, -0.2) is 33.4 Å². The van der Waals surface area contributed by atoms with Crippen LogP contribution in [0.25, 0.3) is 0 Å². The Bertz CT molecular complexity index is 588. The van der Waals surface area contributed by atoms with Crippen LogP contribution in [0.1, 0.15) is 34.9 Å². The van der Waals surface area contributed by atoms with Crippen LogP contribution in [0.5, 0.6) is 0 Å². The average molecular weight is 287 g/mol. The molecule has 21 heavy (non-hydrogen) atoms. The molecular formula is C16H21N3O2. The van der Waals surface area contributed by atoms with E-state index in [1.807, 2.05) is 18.0 Å². The van der Waals surface area contributed by atoms with Crippen molar-refractivity contribution in [3.63, 3.8) is 0 Å². The summed E-state index contributed by atoms with van der Waals surface area (Å²) < 4.78 is 7.46. The zero-order chi connectivity index (χ0) is 14.8. The first-order valence-corrected chi connectivity index (χ1v) is 7.46. The molecular weight excluding hydrogens is 266 g/mol. The Balaban J connectivity index is 1.57. The molecule has 0 saturated carbocycles. The fraction of sp³-hybridized carbons (Fsp3) is 0.500. The lowest BCUT2D eigenvalue weighted by Crippen LogP contribution is -2.39. The van der Waals surface area contributed by atoms with E-state index in [0.717, 1.165) is 38.3 Å². The monoisotopic (exact) mass is 287 g/mol. The fourth-order valence-electron chi connectivity index (χ4n) is 2.99. The van der Waals surface area contributed by atoms with Gasteiger partial charge in [-0.3, -0.25) is 4.79 Å². The SMILES string of the molecule is Cc1cnc(C)n1CC1CCN(C(=O)c2ccco2)CC1. The van der Waals surface area contributed by atoms with Gasteiger partial charge in [0.15, 0.2) is 5.76 Å². The molecule has 0 N–H and O–H groups in total. The van der Waals surface area contributed by atoms with Crippen LogP contribution >= 0.6 is 0 Å². The maximum absolute atomic E-state index is 12.2. The Morgan fingerprint density at radius 2 is 2.14 bits per heavy atom. The first-order chi connectivity index (χ1) is 10.1. The topological polar surface area (TPSA) is 51.3 Å². The lowest BCUT2D eigenvalue weighted by atomic mass is 9.96. The minimum Gasteiger partial charge on any atom is -0.459 e. The number of piperidine rings is 1. The normalized spacial score (nSPS) is 16.4. The number of nitrogens with zero attached hydrogens (tertiary/aromatic N) is 3. The van der Waals surface area contributed by atoms with Crippen molar-refractivity contribution in [2.45, 2.75) is 33.2 Å². The molecule has 0 unspecified atom stereocenters. The Labute approximate surface area is 124 Å². The van der Waals surface area contributed by atoms with Gasteiger partial charge in [0.25, 0.3) is 5.91 Å². The molecule has 1 aliphatic heterocycles. The van der Waals surface area contributed by atoms with E-state index in [4.69, 9.17) is 4.42 Å². The molecule has 0 spiro atoms. The summed E-state index contributed by atoms with van der Waals surface area (Å²) in [6, 6.07) is 3.48. The number of rotatable bonds is 3. The summed E-state index contributed by atoms with van der Waals surface area (Å²) in [6.45, 7) is 6.74. The van der Waals surface area contributed by atoms with Gasteiger partial charge < -0.3 is 13.9 Å². The zero-order valence-electron chi connectivity index (χ0n) is 12.6. The lowest BCUT2D eigenvalue weighted by molar-refractivity contribution is 0.0650. The predicted octanol–water partition coefficient (Wildman–Crippen LogP) is 2.65. The van der Waals surface area contributed by atoms with E-state index < -0.39 is 0 Å². The molecule has 1 aliphatic rings. The standard InChI is InChI=1S/C16H21N3O2/c1-12-10-17-13(2)19(12)11-14-5-7-18(8-6-14)16(20)15-4-3-9-21-15/h3-4,9-10,14H,5-8,11H2,1-2H3. The molecule has 3 rings (SSSR count). The quantitative estimate of drug-likeness (QED) is 0.872. The van der Waals surface area contributed by atoms with E-state index in [1.54, 1.807) is 18.4 Å². The Morgan fingerprint density at radius 1 is 1.38 bits per heavy atom. The molecule has 1 amide bonds. The van der Waals surface area contributed by atoms with E-state index >= 15 is 0 Å². The summed E-state index contributed by atoms with van der Waals surface area (Å²) in [7, 11) is 0. The number of hydrogen-bond donors (Lipinski definition) is 0. The van der Waals surface area contributed by atoms with Gasteiger partial charge in [0, 0.05) is 31.5 Å². The highest BCUT2D eigenvalue weighted by Gasteiger charge is 2.25. The molecule has 112 valence electrons. The largest absolute Gasteiger partial charge is 0.459 e. The van der Waals surface area contributed by atoms with Crippen LogP contribution in [-0.2, 0) is 6.54 Å². The molecule has 5 nitrogen and oxygen atoms in total. The second-order valence-corrected chi connectivity index (χ2v) is 5.77. The molecule has 5 heteroatoms. The number of carbonyl (C=O) groups is 1. The summed E-state index contributed by atoms with van der Waals surface area (Å²) >= 11 is 0. The van der Waals surface area contributed by atoms with E-state index in [-0.39, 0.29) is 5.91 Å². The van der Waals surface area contributed by atoms with Crippen molar-refractivity contribution in [3.05, 3.63) is 41.9 Å². The third-order valence-electron chi connectivity index (χ3n) is 4.33. The molecule has 1 fully saturated rings. The molecule has 0 atom stereocenters. The van der Waals surface area contributed by atoms with Gasteiger partial charge in [-0.1, -0.05) is 0 Å². The molecule has 0 radical (unpaired) electrons. The van der Waals surface area contributed by atoms with Crippen LogP contribution in [0.4, 0.5) is 0 Å². The number of carbonyl (C=O) groups excluding carboxylic acids is 1.